The highest BCUT2D eigenvalue weighted by molar-refractivity contribution is 7.17. The van der Waals surface area contributed by atoms with Crippen LogP contribution in [0.1, 0.15) is 35.8 Å². The van der Waals surface area contributed by atoms with Crippen LogP contribution >= 0.6 is 11.3 Å². The maximum Gasteiger partial charge on any atom is 0.347 e. The van der Waals surface area contributed by atoms with Crippen LogP contribution in [-0.2, 0) is 0 Å². The Kier molecular flexibility index (Phi) is 7.08. The number of aryl methyl sites for hydroxylation is 1. The number of carboxylic acids is 1. The molecule has 8 nitrogen and oxygen atoms in total. The summed E-state index contributed by atoms with van der Waals surface area (Å²) < 4.78 is 0. The van der Waals surface area contributed by atoms with E-state index in [1.807, 2.05) is 6.92 Å². The molecule has 136 valence electrons. The van der Waals surface area contributed by atoms with E-state index in [0.29, 0.717) is 16.8 Å². The van der Waals surface area contributed by atoms with Crippen LogP contribution in [0.4, 0.5) is 16.8 Å². The molecule has 0 fully saturated rings. The second-order valence-electron chi connectivity index (χ2n) is 5.45. The molecule has 3 N–H and O–H groups in total. The first-order valence-electron chi connectivity index (χ1n) is 8.29. The van der Waals surface area contributed by atoms with Gasteiger partial charge >= 0.3 is 5.97 Å². The summed E-state index contributed by atoms with van der Waals surface area (Å²) in [7, 11) is 0. The highest BCUT2D eigenvalue weighted by atomic mass is 32.1. The van der Waals surface area contributed by atoms with Gasteiger partial charge in [-0.05, 0) is 33.0 Å². The quantitative estimate of drug-likeness (QED) is 0.553. The van der Waals surface area contributed by atoms with E-state index in [4.69, 9.17) is 5.11 Å². The number of rotatable bonds is 10. The molecule has 0 aliphatic carbocycles. The highest BCUT2D eigenvalue weighted by Gasteiger charge is 2.10. The first kappa shape index (κ1) is 19.1. The molecule has 0 aliphatic heterocycles. The van der Waals surface area contributed by atoms with E-state index in [1.165, 1.54) is 6.20 Å². The number of carbonyl (C=O) groups is 1. The molecule has 0 bridgehead atoms. The predicted molar refractivity (Wildman–Crippen MR) is 100 cm³/mol. The maximum absolute atomic E-state index is 10.9. The number of nitrogens with one attached hydrogen (secondary N) is 2. The fourth-order valence-electron chi connectivity index (χ4n) is 2.32. The average molecular weight is 364 g/mol. The molecule has 2 rings (SSSR count). The van der Waals surface area contributed by atoms with Crippen LogP contribution in [0.15, 0.2) is 12.3 Å². The molecular weight excluding hydrogens is 340 g/mol. The molecule has 0 atom stereocenters. The van der Waals surface area contributed by atoms with Crippen LogP contribution in [0.2, 0.25) is 0 Å². The molecule has 0 amide bonds. The average Bonchev–Trinajstić information content (AvgIpc) is 3.03. The van der Waals surface area contributed by atoms with Gasteiger partial charge < -0.3 is 20.6 Å². The van der Waals surface area contributed by atoms with Gasteiger partial charge in [0.1, 0.15) is 22.3 Å². The zero-order valence-electron chi connectivity index (χ0n) is 14.7. The number of hydrogen-bond donors (Lipinski definition) is 3. The lowest BCUT2D eigenvalue weighted by Crippen LogP contribution is -2.25. The summed E-state index contributed by atoms with van der Waals surface area (Å²) in [6.07, 6.45) is 2.36. The van der Waals surface area contributed by atoms with Gasteiger partial charge in [0, 0.05) is 12.6 Å². The Morgan fingerprint density at radius 1 is 1.28 bits per heavy atom. The normalized spacial score (nSPS) is 10.9. The molecule has 0 saturated heterocycles. The van der Waals surface area contributed by atoms with Gasteiger partial charge in [0.15, 0.2) is 5.13 Å². The lowest BCUT2D eigenvalue weighted by Gasteiger charge is -2.17. The predicted octanol–water partition coefficient (Wildman–Crippen LogP) is 2.83. The number of thiazole rings is 1. The topological polar surface area (TPSA) is 103 Å². The second kappa shape index (κ2) is 9.28. The summed E-state index contributed by atoms with van der Waals surface area (Å²) in [5.74, 6) is 0.973. The highest BCUT2D eigenvalue weighted by Crippen LogP contribution is 2.22. The number of hydrogen-bond acceptors (Lipinski definition) is 8. The minimum absolute atomic E-state index is 0.183. The first-order chi connectivity index (χ1) is 12.0. The van der Waals surface area contributed by atoms with Crippen molar-refractivity contribution < 1.29 is 9.90 Å². The molecule has 0 unspecified atom stereocenters. The van der Waals surface area contributed by atoms with Crippen LogP contribution in [0.25, 0.3) is 0 Å². The molecule has 0 aliphatic rings. The van der Waals surface area contributed by atoms with Crippen molar-refractivity contribution in [3.63, 3.8) is 0 Å². The van der Waals surface area contributed by atoms with Crippen LogP contribution in [0, 0.1) is 6.92 Å². The van der Waals surface area contributed by atoms with Gasteiger partial charge in [-0.2, -0.15) is 0 Å². The summed E-state index contributed by atoms with van der Waals surface area (Å²) in [4.78, 5) is 26.2. The fourth-order valence-corrected chi connectivity index (χ4v) is 2.98. The third kappa shape index (κ3) is 5.95. The Morgan fingerprint density at radius 2 is 2.00 bits per heavy atom. The standard InChI is InChI=1S/C16H24N6O2S/c1-4-22(5-2)8-6-7-17-13-9-14(20-11(3)19-13)21-16-18-10-12(25-16)15(23)24/h9-10H,4-8H2,1-3H3,(H,23,24)(H2,17,18,19,20,21). The molecule has 0 saturated carbocycles. The van der Waals surface area contributed by atoms with Crippen molar-refractivity contribution in [2.75, 3.05) is 36.8 Å². The zero-order chi connectivity index (χ0) is 18.2. The van der Waals surface area contributed by atoms with Crippen molar-refractivity contribution in [2.45, 2.75) is 27.2 Å². The summed E-state index contributed by atoms with van der Waals surface area (Å²) in [5.41, 5.74) is 0. The van der Waals surface area contributed by atoms with E-state index < -0.39 is 5.97 Å². The number of anilines is 3. The van der Waals surface area contributed by atoms with Crippen LogP contribution < -0.4 is 10.6 Å². The Labute approximate surface area is 151 Å². The molecule has 2 aromatic heterocycles. The van der Waals surface area contributed by atoms with Crippen molar-refractivity contribution in [1.29, 1.82) is 0 Å². The zero-order valence-corrected chi connectivity index (χ0v) is 15.6. The molecule has 25 heavy (non-hydrogen) atoms. The minimum Gasteiger partial charge on any atom is -0.477 e. The molecule has 0 aromatic carbocycles. The van der Waals surface area contributed by atoms with Gasteiger partial charge in [-0.25, -0.2) is 19.7 Å². The van der Waals surface area contributed by atoms with Gasteiger partial charge in [-0.15, -0.1) is 0 Å². The Hall–Kier alpha value is -2.26. The van der Waals surface area contributed by atoms with Crippen LogP contribution in [0.5, 0.6) is 0 Å². The van der Waals surface area contributed by atoms with Crippen molar-refractivity contribution in [3.05, 3.63) is 23.0 Å². The maximum atomic E-state index is 10.9. The first-order valence-corrected chi connectivity index (χ1v) is 9.11. The minimum atomic E-state index is -0.986. The summed E-state index contributed by atoms with van der Waals surface area (Å²) in [6.45, 7) is 10.1. The van der Waals surface area contributed by atoms with E-state index in [1.54, 1.807) is 6.07 Å². The molecule has 0 radical (unpaired) electrons. The van der Waals surface area contributed by atoms with Gasteiger partial charge in [0.2, 0.25) is 0 Å². The molecular formula is C16H24N6O2S. The number of carboxylic acid groups (broad SMARTS) is 1. The number of aromatic nitrogens is 3. The van der Waals surface area contributed by atoms with Crippen molar-refractivity contribution in [1.82, 2.24) is 19.9 Å². The molecule has 2 aromatic rings. The van der Waals surface area contributed by atoms with Crippen molar-refractivity contribution in [2.24, 2.45) is 0 Å². The third-order valence-electron chi connectivity index (χ3n) is 3.64. The van der Waals surface area contributed by atoms with Gasteiger partial charge in [0.25, 0.3) is 0 Å². The molecule has 2 heterocycles. The fraction of sp³-hybridized carbons (Fsp3) is 0.500. The summed E-state index contributed by atoms with van der Waals surface area (Å²) in [6, 6.07) is 1.80. The largest absolute Gasteiger partial charge is 0.477 e. The Bertz CT molecular complexity index is 702. The number of aromatic carboxylic acids is 1. The monoisotopic (exact) mass is 364 g/mol. The molecule has 0 spiro atoms. The summed E-state index contributed by atoms with van der Waals surface area (Å²) in [5, 5.41) is 15.8. The van der Waals surface area contributed by atoms with E-state index in [-0.39, 0.29) is 4.88 Å². The van der Waals surface area contributed by atoms with Crippen molar-refractivity contribution in [3.8, 4) is 0 Å². The van der Waals surface area contributed by atoms with Gasteiger partial charge in [0.05, 0.1) is 6.20 Å². The van der Waals surface area contributed by atoms with Crippen LogP contribution in [0.3, 0.4) is 0 Å². The SMILES string of the molecule is CCN(CC)CCCNc1cc(Nc2ncc(C(=O)O)s2)nc(C)n1. The number of nitrogens with zero attached hydrogens (tertiary/aromatic N) is 4. The van der Waals surface area contributed by atoms with Crippen LogP contribution in [-0.4, -0.2) is 57.1 Å². The summed E-state index contributed by atoms with van der Waals surface area (Å²) >= 11 is 1.07. The van der Waals surface area contributed by atoms with E-state index in [9.17, 15) is 4.79 Å². The van der Waals surface area contributed by atoms with E-state index in [2.05, 4.69) is 44.3 Å². The Morgan fingerprint density at radius 3 is 2.64 bits per heavy atom. The lowest BCUT2D eigenvalue weighted by atomic mass is 10.3. The molecule has 9 heteroatoms. The second-order valence-corrected chi connectivity index (χ2v) is 6.48. The van der Waals surface area contributed by atoms with E-state index in [0.717, 1.165) is 49.8 Å². The van der Waals surface area contributed by atoms with E-state index >= 15 is 0 Å². The lowest BCUT2D eigenvalue weighted by molar-refractivity contribution is 0.0702. The Balaban J connectivity index is 1.93. The van der Waals surface area contributed by atoms with Gasteiger partial charge in [-0.3, -0.25) is 0 Å². The third-order valence-corrected chi connectivity index (χ3v) is 4.54. The van der Waals surface area contributed by atoms with Gasteiger partial charge in [-0.1, -0.05) is 25.2 Å². The van der Waals surface area contributed by atoms with Crippen molar-refractivity contribution >= 4 is 34.1 Å². The smallest absolute Gasteiger partial charge is 0.347 e.